The number of rotatable bonds is 10. The summed E-state index contributed by atoms with van der Waals surface area (Å²) < 4.78 is 16.4. The summed E-state index contributed by atoms with van der Waals surface area (Å²) in [5.74, 6) is 0.535. The minimum atomic E-state index is -1.06. The van der Waals surface area contributed by atoms with Gasteiger partial charge in [-0.2, -0.15) is 0 Å². The van der Waals surface area contributed by atoms with E-state index in [1.807, 2.05) is 13.8 Å². The van der Waals surface area contributed by atoms with Crippen LogP contribution < -0.4 is 10.6 Å². The van der Waals surface area contributed by atoms with Crippen LogP contribution in [0.1, 0.15) is 20.3 Å². The molecule has 102 valence electrons. The molecule has 2 N–H and O–H groups in total. The fourth-order valence-corrected chi connectivity index (χ4v) is 2.23. The van der Waals surface area contributed by atoms with Crippen molar-refractivity contribution in [2.45, 2.75) is 26.3 Å². The molecule has 0 bridgehead atoms. The molecule has 0 heterocycles. The second kappa shape index (κ2) is 10.7. The number of carbonyl (C=O) groups excluding carboxylic acids is 1. The fraction of sp³-hybridized carbons (Fsp3) is 0.909. The molecule has 0 rings (SSSR count). The van der Waals surface area contributed by atoms with Gasteiger partial charge in [-0.15, -0.1) is 0 Å². The van der Waals surface area contributed by atoms with Crippen LogP contribution in [0.5, 0.6) is 0 Å². The largest absolute Gasteiger partial charge is 0.383 e. The Balaban J connectivity index is 3.43. The zero-order chi connectivity index (χ0) is 13.1. The van der Waals surface area contributed by atoms with E-state index in [0.29, 0.717) is 12.4 Å². The zero-order valence-electron chi connectivity index (χ0n) is 11.0. The van der Waals surface area contributed by atoms with E-state index in [0.717, 1.165) is 19.5 Å². The second-order valence-corrected chi connectivity index (χ2v) is 5.68. The van der Waals surface area contributed by atoms with Gasteiger partial charge in [-0.05, 0) is 26.8 Å². The maximum absolute atomic E-state index is 11.5. The molecule has 6 heteroatoms. The first-order valence-corrected chi connectivity index (χ1v) is 7.39. The Bertz CT molecular complexity index is 235. The van der Waals surface area contributed by atoms with Crippen LogP contribution in [0.4, 0.5) is 0 Å². The van der Waals surface area contributed by atoms with Crippen LogP contribution in [-0.2, 0) is 20.3 Å². The van der Waals surface area contributed by atoms with Gasteiger partial charge in [-0.25, -0.2) is 0 Å². The first-order valence-electron chi connectivity index (χ1n) is 5.90. The highest BCUT2D eigenvalue weighted by Crippen LogP contribution is 1.88. The van der Waals surface area contributed by atoms with Gasteiger partial charge in [-0.1, -0.05) is 0 Å². The summed E-state index contributed by atoms with van der Waals surface area (Å²) in [5, 5.41) is 5.90. The molecular weight excluding hydrogens is 240 g/mol. The highest BCUT2D eigenvalue weighted by atomic mass is 32.2. The van der Waals surface area contributed by atoms with Gasteiger partial charge in [-0.3, -0.25) is 9.00 Å². The van der Waals surface area contributed by atoms with E-state index in [9.17, 15) is 9.00 Å². The number of hydrogen-bond donors (Lipinski definition) is 2. The van der Waals surface area contributed by atoms with E-state index in [-0.39, 0.29) is 17.7 Å². The van der Waals surface area contributed by atoms with Crippen LogP contribution in [0, 0.1) is 0 Å². The topological polar surface area (TPSA) is 67.4 Å². The standard InChI is InChI=1S/C11H24N2O3S/c1-10(2)13-11(14)9-17(15)8-4-5-12-6-7-16-3/h10,12H,4-9H2,1-3H3,(H,13,14). The quantitative estimate of drug-likeness (QED) is 0.540. The Morgan fingerprint density at radius 3 is 2.65 bits per heavy atom. The van der Waals surface area contributed by atoms with Crippen LogP contribution in [-0.4, -0.2) is 54.5 Å². The van der Waals surface area contributed by atoms with Crippen molar-refractivity contribution >= 4 is 16.7 Å². The van der Waals surface area contributed by atoms with Gasteiger partial charge >= 0.3 is 0 Å². The molecule has 1 atom stereocenters. The van der Waals surface area contributed by atoms with Crippen molar-refractivity contribution in [3.8, 4) is 0 Å². The van der Waals surface area contributed by atoms with Crippen molar-refractivity contribution in [3.63, 3.8) is 0 Å². The van der Waals surface area contributed by atoms with Crippen molar-refractivity contribution in [2.24, 2.45) is 0 Å². The van der Waals surface area contributed by atoms with E-state index in [2.05, 4.69) is 10.6 Å². The number of nitrogens with one attached hydrogen (secondary N) is 2. The molecule has 0 saturated carbocycles. The highest BCUT2D eigenvalue weighted by molar-refractivity contribution is 7.85. The molecule has 0 aliphatic carbocycles. The molecule has 1 unspecified atom stereocenters. The number of amides is 1. The molecular formula is C11H24N2O3S. The molecule has 0 spiro atoms. The Labute approximate surface area is 106 Å². The lowest BCUT2D eigenvalue weighted by atomic mass is 10.4. The number of carbonyl (C=O) groups is 1. The van der Waals surface area contributed by atoms with Crippen molar-refractivity contribution in [2.75, 3.05) is 38.3 Å². The van der Waals surface area contributed by atoms with E-state index in [4.69, 9.17) is 4.74 Å². The van der Waals surface area contributed by atoms with Crippen LogP contribution in [0.3, 0.4) is 0 Å². The summed E-state index contributed by atoms with van der Waals surface area (Å²) in [5.41, 5.74) is 0. The van der Waals surface area contributed by atoms with Gasteiger partial charge in [0.05, 0.1) is 6.61 Å². The molecule has 0 saturated heterocycles. The summed E-state index contributed by atoms with van der Waals surface area (Å²) in [6.45, 7) is 6.07. The smallest absolute Gasteiger partial charge is 0.232 e. The van der Waals surface area contributed by atoms with Crippen molar-refractivity contribution < 1.29 is 13.7 Å². The van der Waals surface area contributed by atoms with Crippen LogP contribution in [0.25, 0.3) is 0 Å². The molecule has 17 heavy (non-hydrogen) atoms. The Morgan fingerprint density at radius 2 is 2.06 bits per heavy atom. The molecule has 1 amide bonds. The van der Waals surface area contributed by atoms with E-state index in [1.165, 1.54) is 0 Å². The monoisotopic (exact) mass is 264 g/mol. The molecule has 0 radical (unpaired) electrons. The third-order valence-electron chi connectivity index (χ3n) is 1.95. The molecule has 0 aliphatic heterocycles. The summed E-state index contributed by atoms with van der Waals surface area (Å²) in [6.07, 6.45) is 0.811. The lowest BCUT2D eigenvalue weighted by Gasteiger charge is -2.08. The van der Waals surface area contributed by atoms with E-state index in [1.54, 1.807) is 7.11 Å². The number of ether oxygens (including phenoxy) is 1. The summed E-state index contributed by atoms with van der Waals surface area (Å²) in [7, 11) is 0.600. The van der Waals surface area contributed by atoms with E-state index < -0.39 is 10.8 Å². The molecule has 0 aromatic heterocycles. The van der Waals surface area contributed by atoms with Crippen LogP contribution in [0.2, 0.25) is 0 Å². The molecule has 0 aliphatic rings. The van der Waals surface area contributed by atoms with Crippen LogP contribution in [0.15, 0.2) is 0 Å². The van der Waals surface area contributed by atoms with E-state index >= 15 is 0 Å². The Kier molecular flexibility index (Phi) is 10.4. The first-order chi connectivity index (χ1) is 8.06. The van der Waals surface area contributed by atoms with Gasteiger partial charge in [0.2, 0.25) is 5.91 Å². The molecule has 0 aromatic carbocycles. The van der Waals surface area contributed by atoms with Gasteiger partial charge in [0.1, 0.15) is 5.75 Å². The SMILES string of the molecule is COCCNCCCS(=O)CC(=O)NC(C)C. The molecule has 0 aromatic rings. The number of methoxy groups -OCH3 is 1. The second-order valence-electron chi connectivity index (χ2n) is 4.11. The predicted octanol–water partition coefficient (Wildman–Crippen LogP) is -0.114. The zero-order valence-corrected chi connectivity index (χ0v) is 11.8. The third-order valence-corrected chi connectivity index (χ3v) is 3.28. The Morgan fingerprint density at radius 1 is 1.35 bits per heavy atom. The fourth-order valence-electron chi connectivity index (χ4n) is 1.24. The third kappa shape index (κ3) is 11.8. The van der Waals surface area contributed by atoms with Gasteiger partial charge in [0.25, 0.3) is 0 Å². The highest BCUT2D eigenvalue weighted by Gasteiger charge is 2.08. The summed E-state index contributed by atoms with van der Waals surface area (Å²) in [4.78, 5) is 11.3. The molecule has 5 nitrogen and oxygen atoms in total. The maximum Gasteiger partial charge on any atom is 0.232 e. The summed E-state index contributed by atoms with van der Waals surface area (Å²) >= 11 is 0. The maximum atomic E-state index is 11.5. The first kappa shape index (κ1) is 16.5. The Hall–Kier alpha value is -0.460. The van der Waals surface area contributed by atoms with Gasteiger partial charge in [0.15, 0.2) is 0 Å². The minimum Gasteiger partial charge on any atom is -0.383 e. The summed E-state index contributed by atoms with van der Waals surface area (Å²) in [6, 6.07) is 0.107. The van der Waals surface area contributed by atoms with Gasteiger partial charge < -0.3 is 15.4 Å². The van der Waals surface area contributed by atoms with Crippen molar-refractivity contribution in [3.05, 3.63) is 0 Å². The average molecular weight is 264 g/mol. The minimum absolute atomic E-state index is 0.107. The normalized spacial score (nSPS) is 12.7. The lowest BCUT2D eigenvalue weighted by Crippen LogP contribution is -2.34. The van der Waals surface area contributed by atoms with Crippen molar-refractivity contribution in [1.82, 2.24) is 10.6 Å². The average Bonchev–Trinajstić information content (AvgIpc) is 2.21. The number of hydrogen-bond acceptors (Lipinski definition) is 4. The van der Waals surface area contributed by atoms with Gasteiger partial charge in [0, 0.05) is 36.2 Å². The van der Waals surface area contributed by atoms with Crippen LogP contribution >= 0.6 is 0 Å². The molecule has 0 fully saturated rings. The lowest BCUT2D eigenvalue weighted by molar-refractivity contribution is -0.119. The van der Waals surface area contributed by atoms with Crippen molar-refractivity contribution in [1.29, 1.82) is 0 Å². The predicted molar refractivity (Wildman–Crippen MR) is 70.5 cm³/mol.